The van der Waals surface area contributed by atoms with Gasteiger partial charge in [0.25, 0.3) is 0 Å². The van der Waals surface area contributed by atoms with Crippen LogP contribution in [0.4, 0.5) is 0 Å². The molecule has 214 valence electrons. The van der Waals surface area contributed by atoms with Gasteiger partial charge in [-0.15, -0.1) is 0 Å². The summed E-state index contributed by atoms with van der Waals surface area (Å²) < 4.78 is 0. The van der Waals surface area contributed by atoms with Gasteiger partial charge in [0.2, 0.25) is 0 Å². The molecule has 45 heavy (non-hydrogen) atoms. The average molecular weight is 592 g/mol. The van der Waals surface area contributed by atoms with E-state index in [4.69, 9.17) is 4.98 Å². The first-order valence-electron chi connectivity index (χ1n) is 15.6. The number of rotatable bonds is 5. The number of nitrogens with zero attached hydrogens (tertiary/aromatic N) is 1. The van der Waals surface area contributed by atoms with Gasteiger partial charge in [0.1, 0.15) is 8.07 Å². The summed E-state index contributed by atoms with van der Waals surface area (Å²) in [6.07, 6.45) is 0. The maximum atomic E-state index is 5.10. The van der Waals surface area contributed by atoms with Crippen molar-refractivity contribution in [3.05, 3.63) is 164 Å². The molecule has 2 heteroatoms. The molecule has 0 saturated heterocycles. The quantitative estimate of drug-likeness (QED) is 0.182. The van der Waals surface area contributed by atoms with E-state index in [0.29, 0.717) is 0 Å². The van der Waals surface area contributed by atoms with Crippen molar-refractivity contribution in [3.8, 4) is 67.0 Å². The molecule has 1 aliphatic heterocycles. The highest BCUT2D eigenvalue weighted by Gasteiger charge is 2.37. The molecule has 0 fully saturated rings. The van der Waals surface area contributed by atoms with Gasteiger partial charge in [0, 0.05) is 11.1 Å². The summed E-state index contributed by atoms with van der Waals surface area (Å²) in [5.74, 6) is 0. The summed E-state index contributed by atoms with van der Waals surface area (Å²) in [5, 5.41) is 3.10. The molecule has 2 heterocycles. The SMILES string of the molecule is C[Si]1(C)c2ccccc2-c2cc(-c3ccc(-c4ccc(-c5cc(-c6ccccc6)cc(-c6ccccc6)n5)cc4)cc3)ccc21. The Balaban J connectivity index is 1.09. The molecule has 0 unspecified atom stereocenters. The fraction of sp³-hybridized carbons (Fsp3) is 0.0465. The Hall–Kier alpha value is -5.31. The molecule has 0 radical (unpaired) electrons. The summed E-state index contributed by atoms with van der Waals surface area (Å²) in [6.45, 7) is 4.94. The zero-order valence-electron chi connectivity index (χ0n) is 25.5. The lowest BCUT2D eigenvalue weighted by molar-refractivity contribution is 1.32. The Morgan fingerprint density at radius 3 is 1.38 bits per heavy atom. The van der Waals surface area contributed by atoms with Crippen LogP contribution < -0.4 is 10.4 Å². The van der Waals surface area contributed by atoms with Gasteiger partial charge in [-0.25, -0.2) is 4.98 Å². The first-order valence-corrected chi connectivity index (χ1v) is 18.6. The fourth-order valence-electron chi connectivity index (χ4n) is 6.82. The molecule has 0 bridgehead atoms. The third-order valence-corrected chi connectivity index (χ3v) is 12.9. The topological polar surface area (TPSA) is 12.9 Å². The molecule has 0 aliphatic carbocycles. The lowest BCUT2D eigenvalue weighted by Gasteiger charge is -2.18. The van der Waals surface area contributed by atoms with Crippen LogP contribution in [0.25, 0.3) is 67.0 Å². The highest BCUT2D eigenvalue weighted by atomic mass is 28.3. The molecule has 1 aromatic heterocycles. The molecule has 7 aromatic rings. The highest BCUT2D eigenvalue weighted by molar-refractivity contribution is 7.03. The fourth-order valence-corrected chi connectivity index (χ4v) is 9.90. The van der Waals surface area contributed by atoms with Crippen LogP contribution in [0.3, 0.4) is 0 Å². The summed E-state index contributed by atoms with van der Waals surface area (Å²) in [6, 6.07) is 59.2. The van der Waals surface area contributed by atoms with E-state index in [1.165, 1.54) is 44.5 Å². The van der Waals surface area contributed by atoms with Crippen LogP contribution in [0.5, 0.6) is 0 Å². The minimum atomic E-state index is -1.63. The molecule has 0 N–H and O–H groups in total. The van der Waals surface area contributed by atoms with Gasteiger partial charge in [0.05, 0.1) is 11.4 Å². The van der Waals surface area contributed by atoms with Gasteiger partial charge in [0.15, 0.2) is 0 Å². The van der Waals surface area contributed by atoms with Gasteiger partial charge < -0.3 is 0 Å². The minimum Gasteiger partial charge on any atom is -0.248 e. The van der Waals surface area contributed by atoms with E-state index in [1.807, 2.05) is 6.07 Å². The van der Waals surface area contributed by atoms with Crippen LogP contribution in [0.2, 0.25) is 13.1 Å². The largest absolute Gasteiger partial charge is 0.248 e. The Morgan fingerprint density at radius 1 is 0.333 bits per heavy atom. The van der Waals surface area contributed by atoms with E-state index in [0.717, 1.165) is 22.5 Å². The van der Waals surface area contributed by atoms with E-state index in [1.54, 1.807) is 10.4 Å². The third-order valence-electron chi connectivity index (χ3n) is 9.32. The van der Waals surface area contributed by atoms with Crippen molar-refractivity contribution in [3.63, 3.8) is 0 Å². The maximum Gasteiger partial charge on any atom is 0.113 e. The molecule has 0 amide bonds. The van der Waals surface area contributed by atoms with E-state index >= 15 is 0 Å². The zero-order valence-corrected chi connectivity index (χ0v) is 26.5. The molecule has 0 atom stereocenters. The van der Waals surface area contributed by atoms with Gasteiger partial charge in [-0.1, -0.05) is 159 Å². The Bertz CT molecular complexity index is 2090. The lowest BCUT2D eigenvalue weighted by Crippen LogP contribution is -2.49. The second-order valence-electron chi connectivity index (χ2n) is 12.4. The number of pyridine rings is 1. The average Bonchev–Trinajstić information content (AvgIpc) is 3.34. The maximum absolute atomic E-state index is 5.10. The van der Waals surface area contributed by atoms with Crippen molar-refractivity contribution in [2.75, 3.05) is 0 Å². The van der Waals surface area contributed by atoms with Crippen LogP contribution >= 0.6 is 0 Å². The molecule has 1 aliphatic rings. The van der Waals surface area contributed by atoms with Crippen molar-refractivity contribution in [2.24, 2.45) is 0 Å². The highest BCUT2D eigenvalue weighted by Crippen LogP contribution is 2.34. The van der Waals surface area contributed by atoms with E-state index in [-0.39, 0.29) is 0 Å². The summed E-state index contributed by atoms with van der Waals surface area (Å²) in [5.41, 5.74) is 14.3. The van der Waals surface area contributed by atoms with Crippen LogP contribution in [0.15, 0.2) is 164 Å². The minimum absolute atomic E-state index is 0.974. The predicted octanol–water partition coefficient (Wildman–Crippen LogP) is 10.2. The van der Waals surface area contributed by atoms with E-state index in [2.05, 4.69) is 171 Å². The second-order valence-corrected chi connectivity index (χ2v) is 16.8. The molecule has 0 saturated carbocycles. The van der Waals surface area contributed by atoms with Gasteiger partial charge in [-0.3, -0.25) is 0 Å². The van der Waals surface area contributed by atoms with Crippen LogP contribution in [-0.2, 0) is 0 Å². The van der Waals surface area contributed by atoms with Crippen LogP contribution in [-0.4, -0.2) is 13.1 Å². The molecular formula is C43H33NSi. The smallest absolute Gasteiger partial charge is 0.113 e. The molecule has 8 rings (SSSR count). The Morgan fingerprint density at radius 2 is 0.756 bits per heavy atom. The molecule has 0 spiro atoms. The van der Waals surface area contributed by atoms with E-state index in [9.17, 15) is 0 Å². The number of hydrogen-bond acceptors (Lipinski definition) is 1. The first kappa shape index (κ1) is 27.3. The summed E-state index contributed by atoms with van der Waals surface area (Å²) in [7, 11) is -1.63. The van der Waals surface area contributed by atoms with Gasteiger partial charge in [-0.2, -0.15) is 0 Å². The van der Waals surface area contributed by atoms with Crippen molar-refractivity contribution in [2.45, 2.75) is 13.1 Å². The lowest BCUT2D eigenvalue weighted by atomic mass is 9.96. The number of fused-ring (bicyclic) bond motifs is 3. The monoisotopic (exact) mass is 591 g/mol. The third kappa shape index (κ3) is 4.94. The Labute approximate surface area is 266 Å². The molecular weight excluding hydrogens is 559 g/mol. The summed E-state index contributed by atoms with van der Waals surface area (Å²) >= 11 is 0. The van der Waals surface area contributed by atoms with Crippen molar-refractivity contribution in [1.29, 1.82) is 0 Å². The number of hydrogen-bond donors (Lipinski definition) is 0. The Kier molecular flexibility index (Phi) is 6.66. The van der Waals surface area contributed by atoms with Gasteiger partial charge >= 0.3 is 0 Å². The van der Waals surface area contributed by atoms with E-state index < -0.39 is 8.07 Å². The van der Waals surface area contributed by atoms with Crippen molar-refractivity contribution >= 4 is 18.4 Å². The predicted molar refractivity (Wildman–Crippen MR) is 194 cm³/mol. The summed E-state index contributed by atoms with van der Waals surface area (Å²) in [4.78, 5) is 5.10. The van der Waals surface area contributed by atoms with Crippen LogP contribution in [0, 0.1) is 0 Å². The standard InChI is InChI=1S/C43H33NSi/c1-45(2)42-16-10-9-15-38(42)39-27-36(25-26-43(39)45)33-19-17-31(18-20-33)32-21-23-35(24-22-32)41-29-37(30-11-5-3-6-12-30)28-40(44-41)34-13-7-4-8-14-34/h3-29H,1-2H3. The molecule has 1 nitrogen and oxygen atoms in total. The normalized spacial score (nSPS) is 12.8. The second kappa shape index (κ2) is 11.0. The molecule has 6 aromatic carbocycles. The number of benzene rings is 6. The first-order chi connectivity index (χ1) is 22.0. The zero-order chi connectivity index (χ0) is 30.4. The van der Waals surface area contributed by atoms with Crippen molar-refractivity contribution in [1.82, 2.24) is 4.98 Å². The van der Waals surface area contributed by atoms with Crippen LogP contribution in [0.1, 0.15) is 0 Å². The van der Waals surface area contributed by atoms with Gasteiger partial charge in [-0.05, 0) is 73.1 Å². The van der Waals surface area contributed by atoms with Crippen molar-refractivity contribution < 1.29 is 0 Å². The number of aromatic nitrogens is 1.